The summed E-state index contributed by atoms with van der Waals surface area (Å²) in [5, 5.41) is 9.68. The minimum absolute atomic E-state index is 0.253. The number of methoxy groups -OCH3 is 1. The van der Waals surface area contributed by atoms with Gasteiger partial charge in [0.25, 0.3) is 0 Å². The van der Waals surface area contributed by atoms with Crippen LogP contribution in [-0.4, -0.2) is 66.4 Å². The van der Waals surface area contributed by atoms with E-state index in [1.807, 2.05) is 6.07 Å². The zero-order valence-electron chi connectivity index (χ0n) is 14.0. The van der Waals surface area contributed by atoms with Gasteiger partial charge >= 0.3 is 0 Å². The zero-order chi connectivity index (χ0) is 16.1. The van der Waals surface area contributed by atoms with Crippen molar-refractivity contribution in [3.63, 3.8) is 0 Å². The molecule has 2 atom stereocenters. The second-order valence-electron chi connectivity index (χ2n) is 6.86. The third-order valence-electron chi connectivity index (χ3n) is 4.92. The molecule has 2 aliphatic heterocycles. The molecule has 0 amide bonds. The molecule has 3 rings (SSSR count). The lowest BCUT2D eigenvalue weighted by molar-refractivity contribution is 0.163. The molecule has 0 aromatic carbocycles. The third-order valence-corrected chi connectivity index (χ3v) is 4.92. The van der Waals surface area contributed by atoms with Crippen LogP contribution < -0.4 is 4.90 Å². The number of hydrogen-bond acceptors (Lipinski definition) is 6. The van der Waals surface area contributed by atoms with Crippen molar-refractivity contribution in [2.24, 2.45) is 11.8 Å². The third kappa shape index (κ3) is 4.40. The van der Waals surface area contributed by atoms with Crippen molar-refractivity contribution >= 4 is 5.82 Å². The Kier molecular flexibility index (Phi) is 5.80. The maximum atomic E-state index is 9.68. The first-order valence-electron chi connectivity index (χ1n) is 8.66. The number of hydrogen-bond donors (Lipinski definition) is 1. The molecule has 2 saturated heterocycles. The quantitative estimate of drug-likeness (QED) is 0.848. The van der Waals surface area contributed by atoms with Gasteiger partial charge in [-0.1, -0.05) is 0 Å². The largest absolute Gasteiger partial charge is 0.396 e. The van der Waals surface area contributed by atoms with E-state index < -0.39 is 0 Å². The molecule has 0 bridgehead atoms. The summed E-state index contributed by atoms with van der Waals surface area (Å²) in [6, 6.07) is 2.01. The van der Waals surface area contributed by atoms with Crippen LogP contribution in [0.15, 0.2) is 12.4 Å². The Morgan fingerprint density at radius 3 is 2.74 bits per heavy atom. The van der Waals surface area contributed by atoms with Crippen LogP contribution in [-0.2, 0) is 11.3 Å². The number of piperidine rings is 1. The van der Waals surface area contributed by atoms with E-state index in [-0.39, 0.29) is 6.61 Å². The zero-order valence-corrected chi connectivity index (χ0v) is 14.0. The van der Waals surface area contributed by atoms with E-state index in [2.05, 4.69) is 19.8 Å². The first kappa shape index (κ1) is 16.6. The molecular formula is C17H28N4O2. The highest BCUT2D eigenvalue weighted by Gasteiger charge is 2.29. The molecule has 2 aliphatic rings. The van der Waals surface area contributed by atoms with Gasteiger partial charge in [-0.2, -0.15) is 0 Å². The van der Waals surface area contributed by atoms with Crippen LogP contribution in [0.25, 0.3) is 0 Å². The topological polar surface area (TPSA) is 61.7 Å². The van der Waals surface area contributed by atoms with Crippen LogP contribution in [0, 0.1) is 11.8 Å². The molecule has 2 fully saturated rings. The molecule has 1 aromatic rings. The summed E-state index contributed by atoms with van der Waals surface area (Å²) in [5.41, 5.74) is 0.903. The number of anilines is 1. The summed E-state index contributed by atoms with van der Waals surface area (Å²) in [6.07, 6.45) is 5.37. The summed E-state index contributed by atoms with van der Waals surface area (Å²) in [6.45, 7) is 6.24. The van der Waals surface area contributed by atoms with Crippen molar-refractivity contribution in [3.8, 4) is 0 Å². The normalized spacial score (nSPS) is 25.9. The lowest BCUT2D eigenvalue weighted by atomic mass is 9.89. The van der Waals surface area contributed by atoms with E-state index in [0.29, 0.717) is 18.4 Å². The lowest BCUT2D eigenvalue weighted by Gasteiger charge is -2.39. The Morgan fingerprint density at radius 1 is 1.22 bits per heavy atom. The van der Waals surface area contributed by atoms with Crippen molar-refractivity contribution in [2.75, 3.05) is 51.3 Å². The van der Waals surface area contributed by atoms with Gasteiger partial charge in [-0.3, -0.25) is 0 Å². The van der Waals surface area contributed by atoms with Gasteiger partial charge in [0.15, 0.2) is 0 Å². The van der Waals surface area contributed by atoms with Crippen molar-refractivity contribution < 1.29 is 9.84 Å². The maximum absolute atomic E-state index is 9.68. The molecule has 0 spiro atoms. The molecule has 0 saturated carbocycles. The van der Waals surface area contributed by atoms with E-state index in [1.54, 1.807) is 13.4 Å². The number of ether oxygens (including phenoxy) is 1. The van der Waals surface area contributed by atoms with Gasteiger partial charge in [-0.05, 0) is 44.2 Å². The van der Waals surface area contributed by atoms with Crippen LogP contribution >= 0.6 is 0 Å². The Bertz CT molecular complexity index is 493. The second kappa shape index (κ2) is 8.04. The molecule has 23 heavy (non-hydrogen) atoms. The molecule has 6 nitrogen and oxygen atoms in total. The van der Waals surface area contributed by atoms with E-state index in [0.717, 1.165) is 37.6 Å². The Morgan fingerprint density at radius 2 is 2.00 bits per heavy atom. The predicted molar refractivity (Wildman–Crippen MR) is 89.3 cm³/mol. The summed E-state index contributed by atoms with van der Waals surface area (Å²) in [7, 11) is 1.68. The van der Waals surface area contributed by atoms with Gasteiger partial charge in [0, 0.05) is 39.4 Å². The van der Waals surface area contributed by atoms with Gasteiger partial charge in [-0.25, -0.2) is 9.97 Å². The lowest BCUT2D eigenvalue weighted by Crippen LogP contribution is -2.45. The summed E-state index contributed by atoms with van der Waals surface area (Å²) < 4.78 is 5.17. The average molecular weight is 320 g/mol. The Hall–Kier alpha value is -1.24. The van der Waals surface area contributed by atoms with Gasteiger partial charge in [0.1, 0.15) is 12.1 Å². The molecule has 1 N–H and O–H groups in total. The highest BCUT2D eigenvalue weighted by Crippen LogP contribution is 2.27. The SMILES string of the molecule is COCc1cc(N2C[C@@H](CO)C[C@@H](CN3CCCC3)C2)ncn1. The van der Waals surface area contributed by atoms with E-state index in [9.17, 15) is 5.11 Å². The average Bonchev–Trinajstić information content (AvgIpc) is 3.08. The van der Waals surface area contributed by atoms with Gasteiger partial charge in [-0.15, -0.1) is 0 Å². The molecular weight excluding hydrogens is 292 g/mol. The van der Waals surface area contributed by atoms with E-state index >= 15 is 0 Å². The number of nitrogens with zero attached hydrogens (tertiary/aromatic N) is 4. The summed E-state index contributed by atoms with van der Waals surface area (Å²) in [4.78, 5) is 13.6. The number of rotatable bonds is 6. The van der Waals surface area contributed by atoms with Crippen molar-refractivity contribution in [1.29, 1.82) is 0 Å². The molecule has 0 aliphatic carbocycles. The Balaban J connectivity index is 1.68. The van der Waals surface area contributed by atoms with Gasteiger partial charge in [0.05, 0.1) is 12.3 Å². The number of aromatic nitrogens is 2. The maximum Gasteiger partial charge on any atom is 0.132 e. The molecule has 1 aromatic heterocycles. The van der Waals surface area contributed by atoms with Crippen molar-refractivity contribution in [1.82, 2.24) is 14.9 Å². The fraction of sp³-hybridized carbons (Fsp3) is 0.765. The van der Waals surface area contributed by atoms with Crippen LogP contribution in [0.1, 0.15) is 25.0 Å². The summed E-state index contributed by atoms with van der Waals surface area (Å²) >= 11 is 0. The second-order valence-corrected chi connectivity index (χ2v) is 6.86. The monoisotopic (exact) mass is 320 g/mol. The first-order chi connectivity index (χ1) is 11.3. The van der Waals surface area contributed by atoms with E-state index in [4.69, 9.17) is 4.74 Å². The van der Waals surface area contributed by atoms with E-state index in [1.165, 1.54) is 25.9 Å². The smallest absolute Gasteiger partial charge is 0.132 e. The standard InChI is InChI=1S/C17H28N4O2/c1-23-12-16-7-17(19-13-18-16)21-9-14(6-15(10-21)11-22)8-20-4-2-3-5-20/h7,13-15,22H,2-6,8-12H2,1H3/t14-,15-/m0/s1. The van der Waals surface area contributed by atoms with Crippen molar-refractivity contribution in [3.05, 3.63) is 18.1 Å². The number of aliphatic hydroxyl groups is 1. The van der Waals surface area contributed by atoms with Gasteiger partial charge in [0.2, 0.25) is 0 Å². The van der Waals surface area contributed by atoms with Crippen LogP contribution in [0.2, 0.25) is 0 Å². The molecule has 0 radical (unpaired) electrons. The molecule has 0 unspecified atom stereocenters. The van der Waals surface area contributed by atoms with Crippen LogP contribution in [0.5, 0.6) is 0 Å². The highest BCUT2D eigenvalue weighted by atomic mass is 16.5. The Labute approximate surface area is 138 Å². The number of aliphatic hydroxyl groups excluding tert-OH is 1. The molecule has 3 heterocycles. The fourth-order valence-electron chi connectivity index (χ4n) is 3.89. The molecule has 128 valence electrons. The van der Waals surface area contributed by atoms with Gasteiger partial charge < -0.3 is 19.6 Å². The minimum atomic E-state index is 0.253. The molecule has 6 heteroatoms. The highest BCUT2D eigenvalue weighted by molar-refractivity contribution is 5.39. The fourth-order valence-corrected chi connectivity index (χ4v) is 3.89. The van der Waals surface area contributed by atoms with Crippen LogP contribution in [0.3, 0.4) is 0 Å². The predicted octanol–water partition coefficient (Wildman–Crippen LogP) is 1.15. The van der Waals surface area contributed by atoms with Crippen molar-refractivity contribution in [2.45, 2.75) is 25.9 Å². The minimum Gasteiger partial charge on any atom is -0.396 e. The number of likely N-dealkylation sites (tertiary alicyclic amines) is 1. The first-order valence-corrected chi connectivity index (χ1v) is 8.66. The summed E-state index contributed by atoms with van der Waals surface area (Å²) in [5.74, 6) is 1.88. The van der Waals surface area contributed by atoms with Crippen LogP contribution in [0.4, 0.5) is 5.82 Å².